The quantitative estimate of drug-likeness (QED) is 0.310. The van der Waals surface area contributed by atoms with Gasteiger partial charge in [0.25, 0.3) is 0 Å². The van der Waals surface area contributed by atoms with Crippen molar-refractivity contribution in [2.45, 2.75) is 27.7 Å². The number of rotatable bonds is 3. The van der Waals surface area contributed by atoms with Crippen LogP contribution in [-0.4, -0.2) is 18.7 Å². The van der Waals surface area contributed by atoms with E-state index < -0.39 is 0 Å². The molecule has 0 saturated carbocycles. The van der Waals surface area contributed by atoms with Crippen LogP contribution < -0.4 is 25.9 Å². The molecule has 0 atom stereocenters. The van der Waals surface area contributed by atoms with Gasteiger partial charge in [-0.05, 0) is 48.2 Å². The number of esters is 2. The van der Waals surface area contributed by atoms with Crippen molar-refractivity contribution in [2.24, 2.45) is 0 Å². The highest BCUT2D eigenvalue weighted by atomic mass is 16.5. The van der Waals surface area contributed by atoms with Gasteiger partial charge in [-0.3, -0.25) is 9.59 Å². The minimum Gasteiger partial charge on any atom is -0.426 e. The SMILES string of the molecule is CC(=O)Oc1cc2c(cc1C)B(c1ccccc1)c1cc(C)c(OC(C)=O)cc1-2. The second-order valence-electron chi connectivity index (χ2n) is 7.44. The maximum absolute atomic E-state index is 11.5. The monoisotopic (exact) mass is 384 g/mol. The maximum atomic E-state index is 11.5. The molecule has 0 saturated heterocycles. The lowest BCUT2D eigenvalue weighted by atomic mass is 9.39. The lowest BCUT2D eigenvalue weighted by molar-refractivity contribution is -0.132. The number of ether oxygens (including phenoxy) is 2. The molecule has 144 valence electrons. The molecule has 0 amide bonds. The van der Waals surface area contributed by atoms with E-state index in [0.29, 0.717) is 11.5 Å². The van der Waals surface area contributed by atoms with Crippen molar-refractivity contribution in [3.8, 4) is 22.6 Å². The van der Waals surface area contributed by atoms with Crippen LogP contribution in [0.1, 0.15) is 25.0 Å². The van der Waals surface area contributed by atoms with E-state index in [1.165, 1.54) is 19.3 Å². The van der Waals surface area contributed by atoms with Gasteiger partial charge in [0.1, 0.15) is 11.5 Å². The van der Waals surface area contributed by atoms with Crippen molar-refractivity contribution in [2.75, 3.05) is 0 Å². The van der Waals surface area contributed by atoms with Crippen LogP contribution in [0.4, 0.5) is 0 Å². The predicted molar refractivity (Wildman–Crippen MR) is 115 cm³/mol. The van der Waals surface area contributed by atoms with Gasteiger partial charge in [0, 0.05) is 13.8 Å². The van der Waals surface area contributed by atoms with Crippen LogP contribution in [0.2, 0.25) is 0 Å². The number of carbonyl (C=O) groups is 2. The van der Waals surface area contributed by atoms with Crippen LogP contribution in [0.15, 0.2) is 54.6 Å². The van der Waals surface area contributed by atoms with Crippen LogP contribution in [-0.2, 0) is 9.59 Å². The smallest absolute Gasteiger partial charge is 0.308 e. The minimum atomic E-state index is -0.351. The average molecular weight is 384 g/mol. The van der Waals surface area contributed by atoms with Gasteiger partial charge in [0.2, 0.25) is 6.71 Å². The highest BCUT2D eigenvalue weighted by Crippen LogP contribution is 2.33. The molecule has 4 rings (SSSR count). The molecular formula is C24H21BO4. The lowest BCUT2D eigenvalue weighted by Gasteiger charge is -2.13. The third-order valence-electron chi connectivity index (χ3n) is 5.25. The molecule has 3 aromatic carbocycles. The van der Waals surface area contributed by atoms with E-state index in [0.717, 1.165) is 33.2 Å². The van der Waals surface area contributed by atoms with Crippen LogP contribution in [0.5, 0.6) is 11.5 Å². The zero-order valence-electron chi connectivity index (χ0n) is 16.9. The van der Waals surface area contributed by atoms with Crippen LogP contribution in [0.25, 0.3) is 11.1 Å². The van der Waals surface area contributed by atoms with Crippen molar-refractivity contribution in [3.63, 3.8) is 0 Å². The van der Waals surface area contributed by atoms with E-state index in [9.17, 15) is 9.59 Å². The Bertz CT molecular complexity index is 1060. The minimum absolute atomic E-state index is 0.0661. The summed E-state index contributed by atoms with van der Waals surface area (Å²) in [6.07, 6.45) is 0. The van der Waals surface area contributed by atoms with Gasteiger partial charge in [-0.1, -0.05) is 58.9 Å². The van der Waals surface area contributed by atoms with Crippen molar-refractivity contribution < 1.29 is 19.1 Å². The molecule has 0 radical (unpaired) electrons. The summed E-state index contributed by atoms with van der Waals surface area (Å²) < 4.78 is 10.8. The van der Waals surface area contributed by atoms with Crippen LogP contribution in [0, 0.1) is 13.8 Å². The van der Waals surface area contributed by atoms with E-state index in [1.54, 1.807) is 0 Å². The molecule has 0 spiro atoms. The van der Waals surface area contributed by atoms with Crippen molar-refractivity contribution in [3.05, 3.63) is 65.7 Å². The highest BCUT2D eigenvalue weighted by Gasteiger charge is 2.35. The average Bonchev–Trinajstić information content (AvgIpc) is 2.94. The Hall–Kier alpha value is -3.34. The third kappa shape index (κ3) is 3.44. The Morgan fingerprint density at radius 1 is 0.724 bits per heavy atom. The van der Waals surface area contributed by atoms with Crippen molar-refractivity contribution >= 4 is 35.0 Å². The summed E-state index contributed by atoms with van der Waals surface area (Å²) in [5.41, 5.74) is 7.28. The van der Waals surface area contributed by atoms with E-state index in [-0.39, 0.29) is 18.7 Å². The van der Waals surface area contributed by atoms with Gasteiger partial charge < -0.3 is 9.47 Å². The fourth-order valence-electron chi connectivity index (χ4n) is 4.07. The maximum Gasteiger partial charge on any atom is 0.308 e. The van der Waals surface area contributed by atoms with E-state index in [1.807, 2.05) is 44.2 Å². The van der Waals surface area contributed by atoms with Gasteiger partial charge >= 0.3 is 11.9 Å². The second-order valence-corrected chi connectivity index (χ2v) is 7.44. The first-order chi connectivity index (χ1) is 13.8. The van der Waals surface area contributed by atoms with Gasteiger partial charge in [-0.2, -0.15) is 0 Å². The molecule has 4 nitrogen and oxygen atoms in total. The molecule has 3 aromatic rings. The normalized spacial score (nSPS) is 11.7. The summed E-state index contributed by atoms with van der Waals surface area (Å²) in [4.78, 5) is 23.1. The standard InChI is InChI=1S/C24H21BO4/c1-14-10-21-19(12-23(14)28-16(3)26)20-13-24(29-17(4)27)15(2)11-22(20)25(21)18-8-6-5-7-9-18/h5-13H,1-4H3. The number of benzene rings is 3. The van der Waals surface area contributed by atoms with Gasteiger partial charge in [0.05, 0.1) is 0 Å². The number of fused-ring (bicyclic) bond motifs is 3. The Labute approximate surface area is 170 Å². The Balaban J connectivity index is 1.97. The fraction of sp³-hybridized carbons (Fsp3) is 0.167. The number of hydrogen-bond acceptors (Lipinski definition) is 4. The third-order valence-corrected chi connectivity index (χ3v) is 5.25. The van der Waals surface area contributed by atoms with Gasteiger partial charge in [-0.25, -0.2) is 0 Å². The molecule has 5 heteroatoms. The van der Waals surface area contributed by atoms with Crippen LogP contribution >= 0.6 is 0 Å². The number of carbonyl (C=O) groups excluding carboxylic acids is 2. The highest BCUT2D eigenvalue weighted by molar-refractivity contribution is 6.99. The molecule has 1 aliphatic rings. The topological polar surface area (TPSA) is 52.6 Å². The van der Waals surface area contributed by atoms with Crippen LogP contribution in [0.3, 0.4) is 0 Å². The van der Waals surface area contributed by atoms with E-state index in [2.05, 4.69) is 24.3 Å². The molecule has 0 aromatic heterocycles. The van der Waals surface area contributed by atoms with Gasteiger partial charge in [-0.15, -0.1) is 0 Å². The molecular weight excluding hydrogens is 363 g/mol. The molecule has 0 N–H and O–H groups in total. The summed E-state index contributed by atoms with van der Waals surface area (Å²) in [5, 5.41) is 0. The predicted octanol–water partition coefficient (Wildman–Crippen LogP) is 2.65. The largest absolute Gasteiger partial charge is 0.426 e. The summed E-state index contributed by atoms with van der Waals surface area (Å²) in [6.45, 7) is 6.75. The van der Waals surface area contributed by atoms with Gasteiger partial charge in [0.15, 0.2) is 0 Å². The summed E-state index contributed by atoms with van der Waals surface area (Å²) in [6, 6.07) is 18.3. The second kappa shape index (κ2) is 7.24. The first kappa shape index (κ1) is 19.0. The summed E-state index contributed by atoms with van der Waals surface area (Å²) in [5.74, 6) is 0.391. The zero-order chi connectivity index (χ0) is 20.7. The molecule has 0 fully saturated rings. The first-order valence-electron chi connectivity index (χ1n) is 9.56. The Morgan fingerprint density at radius 3 is 1.59 bits per heavy atom. The lowest BCUT2D eigenvalue weighted by Crippen LogP contribution is -2.49. The molecule has 0 unspecified atom stereocenters. The summed E-state index contributed by atoms with van der Waals surface area (Å²) >= 11 is 0. The Morgan fingerprint density at radius 2 is 1.17 bits per heavy atom. The molecule has 1 heterocycles. The summed E-state index contributed by atoms with van der Waals surface area (Å²) in [7, 11) is 0. The number of aryl methyl sites for hydroxylation is 2. The fourth-order valence-corrected chi connectivity index (χ4v) is 4.07. The zero-order valence-corrected chi connectivity index (χ0v) is 16.9. The first-order valence-corrected chi connectivity index (χ1v) is 9.56. The Kier molecular flexibility index (Phi) is 4.75. The molecule has 1 aliphatic heterocycles. The van der Waals surface area contributed by atoms with E-state index >= 15 is 0 Å². The molecule has 0 bridgehead atoms. The molecule has 29 heavy (non-hydrogen) atoms. The van der Waals surface area contributed by atoms with Crippen molar-refractivity contribution in [1.82, 2.24) is 0 Å². The number of hydrogen-bond donors (Lipinski definition) is 0. The molecule has 0 aliphatic carbocycles. The van der Waals surface area contributed by atoms with E-state index in [4.69, 9.17) is 9.47 Å². The van der Waals surface area contributed by atoms with Crippen molar-refractivity contribution in [1.29, 1.82) is 0 Å².